The van der Waals surface area contributed by atoms with Gasteiger partial charge in [0.05, 0.1) is 0 Å². The Balaban J connectivity index is 1.92. The van der Waals surface area contributed by atoms with Crippen molar-refractivity contribution in [1.29, 1.82) is 0 Å². The van der Waals surface area contributed by atoms with Crippen LogP contribution in [0.2, 0.25) is 0 Å². The van der Waals surface area contributed by atoms with Gasteiger partial charge in [0.2, 0.25) is 0 Å². The summed E-state index contributed by atoms with van der Waals surface area (Å²) in [6, 6.07) is 9.39. The fourth-order valence-corrected chi connectivity index (χ4v) is 2.33. The van der Waals surface area contributed by atoms with Crippen molar-refractivity contribution < 1.29 is 14.6 Å². The molecule has 18 heavy (non-hydrogen) atoms. The lowest BCUT2D eigenvalue weighted by Crippen LogP contribution is -2.44. The predicted octanol–water partition coefficient (Wildman–Crippen LogP) is 1.66. The zero-order valence-corrected chi connectivity index (χ0v) is 10.3. The summed E-state index contributed by atoms with van der Waals surface area (Å²) in [5.74, 6) is -0.599. The molecule has 1 aliphatic rings. The van der Waals surface area contributed by atoms with Crippen LogP contribution in [0.15, 0.2) is 30.3 Å². The molecule has 2 N–H and O–H groups in total. The Kier molecular flexibility index (Phi) is 4.73. The SMILES string of the molecule is O=C(O)[C@@H](NCc1ccccc1)C1CCOCC1. The number of benzene rings is 1. The summed E-state index contributed by atoms with van der Waals surface area (Å²) in [5.41, 5.74) is 1.11. The van der Waals surface area contributed by atoms with E-state index in [9.17, 15) is 9.90 Å². The van der Waals surface area contributed by atoms with Gasteiger partial charge >= 0.3 is 5.97 Å². The number of nitrogens with one attached hydrogen (secondary N) is 1. The molecule has 1 fully saturated rings. The molecule has 4 heteroatoms. The molecule has 1 aromatic rings. The van der Waals surface area contributed by atoms with Crippen molar-refractivity contribution in [3.05, 3.63) is 35.9 Å². The molecule has 0 aromatic heterocycles. The molecule has 4 nitrogen and oxygen atoms in total. The molecule has 2 rings (SSSR count). The Labute approximate surface area is 107 Å². The summed E-state index contributed by atoms with van der Waals surface area (Å²) < 4.78 is 5.27. The topological polar surface area (TPSA) is 58.6 Å². The van der Waals surface area contributed by atoms with Crippen molar-refractivity contribution in [3.8, 4) is 0 Å². The monoisotopic (exact) mass is 249 g/mol. The third-order valence-corrected chi connectivity index (χ3v) is 3.37. The average Bonchev–Trinajstić information content (AvgIpc) is 2.41. The first-order valence-electron chi connectivity index (χ1n) is 6.35. The number of carboxylic acid groups (broad SMARTS) is 1. The Morgan fingerprint density at radius 1 is 1.33 bits per heavy atom. The number of aliphatic carboxylic acids is 1. The Morgan fingerprint density at radius 3 is 2.61 bits per heavy atom. The highest BCUT2D eigenvalue weighted by atomic mass is 16.5. The Bertz CT molecular complexity index is 374. The molecule has 0 bridgehead atoms. The van der Waals surface area contributed by atoms with Crippen LogP contribution in [0.25, 0.3) is 0 Å². The van der Waals surface area contributed by atoms with E-state index in [1.54, 1.807) is 0 Å². The molecule has 0 saturated carbocycles. The van der Waals surface area contributed by atoms with Crippen LogP contribution in [0.1, 0.15) is 18.4 Å². The zero-order chi connectivity index (χ0) is 12.8. The lowest BCUT2D eigenvalue weighted by atomic mass is 9.91. The summed E-state index contributed by atoms with van der Waals surface area (Å²) in [4.78, 5) is 11.3. The minimum atomic E-state index is -0.766. The summed E-state index contributed by atoms with van der Waals surface area (Å²) in [7, 11) is 0. The molecule has 0 aliphatic carbocycles. The molecule has 98 valence electrons. The van der Waals surface area contributed by atoms with Crippen LogP contribution in [-0.2, 0) is 16.1 Å². The van der Waals surface area contributed by atoms with Crippen LogP contribution in [0.3, 0.4) is 0 Å². The van der Waals surface area contributed by atoms with Crippen LogP contribution in [0.5, 0.6) is 0 Å². The number of rotatable bonds is 5. The molecule has 0 amide bonds. The highest BCUT2D eigenvalue weighted by Crippen LogP contribution is 2.19. The molecule has 1 atom stereocenters. The fraction of sp³-hybridized carbons (Fsp3) is 0.500. The fourth-order valence-electron chi connectivity index (χ4n) is 2.33. The summed E-state index contributed by atoms with van der Waals surface area (Å²) >= 11 is 0. The largest absolute Gasteiger partial charge is 0.480 e. The zero-order valence-electron chi connectivity index (χ0n) is 10.3. The van der Waals surface area contributed by atoms with E-state index in [2.05, 4.69) is 5.32 Å². The molecule has 1 aromatic carbocycles. The van der Waals surface area contributed by atoms with Crippen molar-refractivity contribution in [2.75, 3.05) is 13.2 Å². The number of hydrogen-bond acceptors (Lipinski definition) is 3. The van der Waals surface area contributed by atoms with Gasteiger partial charge in [-0.2, -0.15) is 0 Å². The van der Waals surface area contributed by atoms with Crippen molar-refractivity contribution in [2.24, 2.45) is 5.92 Å². The van der Waals surface area contributed by atoms with E-state index in [1.165, 1.54) is 0 Å². The second-order valence-electron chi connectivity index (χ2n) is 4.63. The first-order chi connectivity index (χ1) is 8.77. The van der Waals surface area contributed by atoms with E-state index >= 15 is 0 Å². The number of ether oxygens (including phenoxy) is 1. The van der Waals surface area contributed by atoms with E-state index in [-0.39, 0.29) is 5.92 Å². The number of hydrogen-bond donors (Lipinski definition) is 2. The predicted molar refractivity (Wildman–Crippen MR) is 68.2 cm³/mol. The van der Waals surface area contributed by atoms with E-state index in [1.807, 2.05) is 30.3 Å². The standard InChI is InChI=1S/C14H19NO3/c16-14(17)13(12-6-8-18-9-7-12)15-10-11-4-2-1-3-5-11/h1-5,12-13,15H,6-10H2,(H,16,17)/t13-/m0/s1. The molecule has 1 heterocycles. The van der Waals surface area contributed by atoms with Gasteiger partial charge in [0, 0.05) is 19.8 Å². The second-order valence-corrected chi connectivity index (χ2v) is 4.63. The number of carboxylic acids is 1. The van der Waals surface area contributed by atoms with Gasteiger partial charge in [-0.1, -0.05) is 30.3 Å². The summed E-state index contributed by atoms with van der Waals surface area (Å²) in [6.45, 7) is 1.93. The second kappa shape index (κ2) is 6.52. The maximum absolute atomic E-state index is 11.3. The first-order valence-corrected chi connectivity index (χ1v) is 6.35. The van der Waals surface area contributed by atoms with Crippen molar-refractivity contribution in [2.45, 2.75) is 25.4 Å². The molecular weight excluding hydrogens is 230 g/mol. The third kappa shape index (κ3) is 3.55. The van der Waals surface area contributed by atoms with Gasteiger partial charge in [-0.15, -0.1) is 0 Å². The minimum Gasteiger partial charge on any atom is -0.480 e. The maximum atomic E-state index is 11.3. The summed E-state index contributed by atoms with van der Waals surface area (Å²) in [6.07, 6.45) is 1.64. The van der Waals surface area contributed by atoms with Crippen LogP contribution in [0, 0.1) is 5.92 Å². The average molecular weight is 249 g/mol. The van der Waals surface area contributed by atoms with Gasteiger partial charge in [0.25, 0.3) is 0 Å². The van der Waals surface area contributed by atoms with Crippen LogP contribution in [-0.4, -0.2) is 30.3 Å². The van der Waals surface area contributed by atoms with E-state index in [4.69, 9.17) is 4.74 Å². The van der Waals surface area contributed by atoms with E-state index in [0.29, 0.717) is 19.8 Å². The Hall–Kier alpha value is -1.39. The highest BCUT2D eigenvalue weighted by molar-refractivity contribution is 5.73. The molecule has 0 radical (unpaired) electrons. The van der Waals surface area contributed by atoms with Gasteiger partial charge in [0.15, 0.2) is 0 Å². The Morgan fingerprint density at radius 2 is 2.00 bits per heavy atom. The molecule has 0 unspecified atom stereocenters. The minimum absolute atomic E-state index is 0.167. The van der Waals surface area contributed by atoms with E-state index < -0.39 is 12.0 Å². The third-order valence-electron chi connectivity index (χ3n) is 3.37. The van der Waals surface area contributed by atoms with Crippen LogP contribution >= 0.6 is 0 Å². The summed E-state index contributed by atoms with van der Waals surface area (Å²) in [5, 5.41) is 12.5. The lowest BCUT2D eigenvalue weighted by molar-refractivity contribution is -0.142. The van der Waals surface area contributed by atoms with Gasteiger partial charge in [-0.05, 0) is 24.3 Å². The van der Waals surface area contributed by atoms with Gasteiger partial charge in [-0.3, -0.25) is 4.79 Å². The van der Waals surface area contributed by atoms with Gasteiger partial charge in [-0.25, -0.2) is 0 Å². The molecule has 0 spiro atoms. The van der Waals surface area contributed by atoms with Gasteiger partial charge < -0.3 is 15.2 Å². The van der Waals surface area contributed by atoms with Crippen LogP contribution in [0.4, 0.5) is 0 Å². The smallest absolute Gasteiger partial charge is 0.320 e. The van der Waals surface area contributed by atoms with E-state index in [0.717, 1.165) is 18.4 Å². The van der Waals surface area contributed by atoms with Crippen molar-refractivity contribution in [3.63, 3.8) is 0 Å². The van der Waals surface area contributed by atoms with Crippen molar-refractivity contribution >= 4 is 5.97 Å². The normalized spacial score (nSPS) is 18.4. The maximum Gasteiger partial charge on any atom is 0.320 e. The number of carbonyl (C=O) groups is 1. The quantitative estimate of drug-likeness (QED) is 0.833. The first kappa shape index (κ1) is 13.1. The molecule has 1 saturated heterocycles. The lowest BCUT2D eigenvalue weighted by Gasteiger charge is -2.28. The van der Waals surface area contributed by atoms with Crippen molar-refractivity contribution in [1.82, 2.24) is 5.32 Å². The molecular formula is C14H19NO3. The highest BCUT2D eigenvalue weighted by Gasteiger charge is 2.29. The van der Waals surface area contributed by atoms with Crippen LogP contribution < -0.4 is 5.32 Å². The molecule has 1 aliphatic heterocycles. The van der Waals surface area contributed by atoms with Gasteiger partial charge in [0.1, 0.15) is 6.04 Å².